The number of nitrogens with one attached hydrogen (secondary N) is 3. The van der Waals surface area contributed by atoms with Gasteiger partial charge in [-0.25, -0.2) is 4.79 Å². The number of guanidine groups is 1. The van der Waals surface area contributed by atoms with E-state index in [1.54, 1.807) is 30.3 Å². The highest BCUT2D eigenvalue weighted by Gasteiger charge is 2.30. The van der Waals surface area contributed by atoms with Crippen LogP contribution in [0.4, 0.5) is 0 Å². The lowest BCUT2D eigenvalue weighted by molar-refractivity contribution is -0.142. The number of carboxylic acids is 2. The molecule has 0 aliphatic heterocycles. The summed E-state index contributed by atoms with van der Waals surface area (Å²) in [5.41, 5.74) is 22.1. The van der Waals surface area contributed by atoms with Gasteiger partial charge in [-0.2, -0.15) is 0 Å². The molecule has 226 valence electrons. The first kappa shape index (κ1) is 34.3. The number of hydrogen-bond acceptors (Lipinski definition) is 8. The number of hydrogen-bond donors (Lipinski definition) is 9. The Morgan fingerprint density at radius 3 is 1.90 bits per heavy atom. The molecule has 0 aliphatic carbocycles. The van der Waals surface area contributed by atoms with Crippen LogP contribution in [0.15, 0.2) is 35.3 Å². The molecule has 0 saturated heterocycles. The highest BCUT2D eigenvalue weighted by Crippen LogP contribution is 2.08. The minimum absolute atomic E-state index is 0.00458. The number of nitrogens with zero attached hydrogens (tertiary/aromatic N) is 1. The third-order valence-electron chi connectivity index (χ3n) is 5.79. The second-order valence-corrected chi connectivity index (χ2v) is 9.20. The van der Waals surface area contributed by atoms with Crippen LogP contribution in [0.5, 0.6) is 0 Å². The van der Waals surface area contributed by atoms with Crippen molar-refractivity contribution in [2.75, 3.05) is 6.54 Å². The first-order valence-electron chi connectivity index (χ1n) is 12.8. The molecule has 0 saturated carbocycles. The number of carbonyl (C=O) groups excluding carboxylic acids is 4. The van der Waals surface area contributed by atoms with Crippen LogP contribution in [0.25, 0.3) is 0 Å². The number of primary amides is 1. The number of carbonyl (C=O) groups is 6. The summed E-state index contributed by atoms with van der Waals surface area (Å²) in [6, 6.07) is 3.36. The van der Waals surface area contributed by atoms with E-state index in [9.17, 15) is 33.9 Å². The van der Waals surface area contributed by atoms with Gasteiger partial charge in [-0.3, -0.25) is 29.0 Å². The zero-order chi connectivity index (χ0) is 30.9. The third kappa shape index (κ3) is 14.3. The van der Waals surface area contributed by atoms with E-state index in [0.29, 0.717) is 5.56 Å². The van der Waals surface area contributed by atoms with E-state index >= 15 is 0 Å². The van der Waals surface area contributed by atoms with E-state index in [2.05, 4.69) is 20.9 Å². The van der Waals surface area contributed by atoms with Crippen molar-refractivity contribution in [1.29, 1.82) is 0 Å². The first-order chi connectivity index (χ1) is 19.3. The lowest BCUT2D eigenvalue weighted by Gasteiger charge is -2.25. The summed E-state index contributed by atoms with van der Waals surface area (Å²) in [6.45, 7) is 0.141. The van der Waals surface area contributed by atoms with Gasteiger partial charge in [0.25, 0.3) is 0 Å². The SMILES string of the molecule is NC(=O)CCC(NC(=O)C(N)CCC(=O)O)C(=O)NC(Cc1ccccc1)C(=O)NC(CCCN=C(N)N)C(=O)O. The van der Waals surface area contributed by atoms with E-state index in [1.165, 1.54) is 0 Å². The second-order valence-electron chi connectivity index (χ2n) is 9.20. The van der Waals surface area contributed by atoms with Crippen molar-refractivity contribution < 1.29 is 39.0 Å². The van der Waals surface area contributed by atoms with E-state index in [4.69, 9.17) is 28.0 Å². The molecular formula is C25H38N8O8. The summed E-state index contributed by atoms with van der Waals surface area (Å²) < 4.78 is 0. The fourth-order valence-electron chi connectivity index (χ4n) is 3.61. The third-order valence-corrected chi connectivity index (χ3v) is 5.79. The van der Waals surface area contributed by atoms with Gasteiger partial charge in [-0.05, 0) is 31.2 Å². The number of nitrogens with two attached hydrogens (primary N) is 4. The molecule has 4 atom stereocenters. The van der Waals surface area contributed by atoms with Gasteiger partial charge in [0.05, 0.1) is 6.04 Å². The first-order valence-corrected chi connectivity index (χ1v) is 12.8. The summed E-state index contributed by atoms with van der Waals surface area (Å²) in [7, 11) is 0. The number of benzene rings is 1. The predicted octanol–water partition coefficient (Wildman–Crippen LogP) is -2.72. The Hall–Kier alpha value is -4.73. The van der Waals surface area contributed by atoms with Crippen LogP contribution < -0.4 is 38.9 Å². The average molecular weight is 579 g/mol. The van der Waals surface area contributed by atoms with Crippen molar-refractivity contribution in [2.45, 2.75) is 69.1 Å². The molecule has 41 heavy (non-hydrogen) atoms. The Morgan fingerprint density at radius 2 is 1.34 bits per heavy atom. The molecule has 16 heteroatoms. The number of rotatable bonds is 19. The molecule has 0 heterocycles. The van der Waals surface area contributed by atoms with Crippen molar-refractivity contribution in [3.63, 3.8) is 0 Å². The van der Waals surface area contributed by atoms with E-state index in [1.807, 2.05) is 0 Å². The van der Waals surface area contributed by atoms with Crippen molar-refractivity contribution in [3.8, 4) is 0 Å². The van der Waals surface area contributed by atoms with Crippen molar-refractivity contribution in [3.05, 3.63) is 35.9 Å². The number of aliphatic imine (C=N–C) groups is 1. The van der Waals surface area contributed by atoms with Crippen LogP contribution in [0.2, 0.25) is 0 Å². The molecule has 0 radical (unpaired) electrons. The molecule has 0 aromatic heterocycles. The van der Waals surface area contributed by atoms with Gasteiger partial charge in [0.15, 0.2) is 5.96 Å². The monoisotopic (exact) mass is 578 g/mol. The fraction of sp³-hybridized carbons (Fsp3) is 0.480. The van der Waals surface area contributed by atoms with E-state index in [0.717, 1.165) is 0 Å². The van der Waals surface area contributed by atoms with Gasteiger partial charge in [0, 0.05) is 25.8 Å². The van der Waals surface area contributed by atoms with Gasteiger partial charge in [0.2, 0.25) is 23.6 Å². The number of aliphatic carboxylic acids is 2. The molecule has 0 aliphatic rings. The Labute approximate surface area is 236 Å². The summed E-state index contributed by atoms with van der Waals surface area (Å²) in [4.78, 5) is 76.7. The average Bonchev–Trinajstić information content (AvgIpc) is 2.90. The van der Waals surface area contributed by atoms with E-state index in [-0.39, 0.29) is 57.5 Å². The zero-order valence-corrected chi connectivity index (χ0v) is 22.5. The Bertz CT molecular complexity index is 1090. The number of carboxylic acid groups (broad SMARTS) is 2. The van der Waals surface area contributed by atoms with Crippen LogP contribution in [0.1, 0.15) is 44.1 Å². The maximum absolute atomic E-state index is 13.2. The summed E-state index contributed by atoms with van der Waals surface area (Å²) in [6.07, 6.45) is -0.917. The van der Waals surface area contributed by atoms with Crippen LogP contribution in [-0.4, -0.2) is 82.5 Å². The van der Waals surface area contributed by atoms with Crippen LogP contribution in [0, 0.1) is 0 Å². The van der Waals surface area contributed by atoms with Crippen molar-refractivity contribution >= 4 is 41.5 Å². The molecule has 1 aromatic carbocycles. The molecule has 0 spiro atoms. The lowest BCUT2D eigenvalue weighted by atomic mass is 10.0. The topological polar surface area (TPSA) is 295 Å². The Morgan fingerprint density at radius 1 is 0.756 bits per heavy atom. The minimum atomic E-state index is -1.35. The quantitative estimate of drug-likeness (QED) is 0.0461. The van der Waals surface area contributed by atoms with Crippen molar-refractivity contribution in [2.24, 2.45) is 27.9 Å². The normalized spacial score (nSPS) is 13.5. The molecule has 1 rings (SSSR count). The summed E-state index contributed by atoms with van der Waals surface area (Å²) in [5.74, 6) is -5.90. The van der Waals surface area contributed by atoms with Gasteiger partial charge in [-0.1, -0.05) is 30.3 Å². The molecule has 1 aromatic rings. The van der Waals surface area contributed by atoms with Crippen LogP contribution >= 0.6 is 0 Å². The smallest absolute Gasteiger partial charge is 0.326 e. The second kappa shape index (κ2) is 17.8. The maximum atomic E-state index is 13.2. The highest BCUT2D eigenvalue weighted by molar-refractivity contribution is 5.94. The van der Waals surface area contributed by atoms with Crippen LogP contribution in [0.3, 0.4) is 0 Å². The Balaban J connectivity index is 3.11. The van der Waals surface area contributed by atoms with Crippen LogP contribution in [-0.2, 0) is 35.2 Å². The lowest BCUT2D eigenvalue weighted by Crippen LogP contribution is -2.57. The number of amides is 4. The molecule has 0 fully saturated rings. The highest BCUT2D eigenvalue weighted by atomic mass is 16.4. The van der Waals surface area contributed by atoms with Gasteiger partial charge >= 0.3 is 11.9 Å². The fourth-order valence-corrected chi connectivity index (χ4v) is 3.61. The molecule has 4 amide bonds. The zero-order valence-electron chi connectivity index (χ0n) is 22.5. The van der Waals surface area contributed by atoms with Gasteiger partial charge < -0.3 is 49.1 Å². The molecule has 16 nitrogen and oxygen atoms in total. The molecule has 4 unspecified atom stereocenters. The van der Waals surface area contributed by atoms with Crippen molar-refractivity contribution in [1.82, 2.24) is 16.0 Å². The molecular weight excluding hydrogens is 540 g/mol. The van der Waals surface area contributed by atoms with Gasteiger partial charge in [0.1, 0.15) is 18.1 Å². The van der Waals surface area contributed by atoms with Gasteiger partial charge in [-0.15, -0.1) is 0 Å². The maximum Gasteiger partial charge on any atom is 0.326 e. The minimum Gasteiger partial charge on any atom is -0.481 e. The summed E-state index contributed by atoms with van der Waals surface area (Å²) >= 11 is 0. The standard InChI is InChI=1S/C25H38N8O8/c26-15(8-11-20(35)36)21(37)31-16(9-10-19(27)34)22(38)33-18(13-14-5-2-1-3-6-14)23(39)32-17(24(40)41)7-4-12-30-25(28)29/h1-3,5-6,15-18H,4,7-13,26H2,(H2,27,34)(H,31,37)(H,32,39)(H,33,38)(H,35,36)(H,40,41)(H4,28,29,30). The summed E-state index contributed by atoms with van der Waals surface area (Å²) in [5, 5.41) is 25.7. The molecule has 13 N–H and O–H groups in total. The Kier molecular flexibility index (Phi) is 14.9. The predicted molar refractivity (Wildman–Crippen MR) is 147 cm³/mol. The largest absolute Gasteiger partial charge is 0.481 e. The van der Waals surface area contributed by atoms with E-state index < -0.39 is 59.7 Å². The molecule has 0 bridgehead atoms.